The molecule has 2 aromatic carbocycles. The minimum absolute atomic E-state index is 0. The summed E-state index contributed by atoms with van der Waals surface area (Å²) in [7, 11) is 0. The van der Waals surface area contributed by atoms with Gasteiger partial charge in [0.05, 0.1) is 67.4 Å². The van der Waals surface area contributed by atoms with Crippen LogP contribution in [0.3, 0.4) is 0 Å². The number of aryl methyl sites for hydroxylation is 2. The third-order valence-electron chi connectivity index (χ3n) is 13.6. The molecule has 2 fully saturated rings. The molecule has 2 aromatic heterocycles. The van der Waals surface area contributed by atoms with Crippen LogP contribution in [-0.2, 0) is 62.9 Å². The van der Waals surface area contributed by atoms with E-state index in [0.717, 1.165) is 85.3 Å². The molecule has 2 saturated carbocycles. The fourth-order valence-electron chi connectivity index (χ4n) is 9.89. The third kappa shape index (κ3) is 13.0. The van der Waals surface area contributed by atoms with Gasteiger partial charge in [-0.3, -0.25) is 28.5 Å². The number of carbonyl (C=O) groups excluding carboxylic acids is 3. The maximum Gasteiger partial charge on any atom is 1.00 e. The number of nitrogens with zero attached hydrogens (tertiary/aromatic N) is 6. The van der Waals surface area contributed by atoms with Gasteiger partial charge in [-0.1, -0.05) is 35.3 Å². The predicted octanol–water partition coefficient (Wildman–Crippen LogP) is 5.70. The average molecular weight is 964 g/mol. The average Bonchev–Trinajstić information content (AvgIpc) is 3.76. The minimum atomic E-state index is -0.728. The fourth-order valence-corrected chi connectivity index (χ4v) is 10.2. The van der Waals surface area contributed by atoms with Crippen molar-refractivity contribution in [2.45, 2.75) is 124 Å². The van der Waals surface area contributed by atoms with Crippen molar-refractivity contribution in [3.05, 3.63) is 103 Å². The van der Waals surface area contributed by atoms with E-state index in [0.29, 0.717) is 98.6 Å². The number of carbonyl (C=O) groups is 4. The number of amides is 2. The Hall–Kier alpha value is -3.86. The number of benzene rings is 2. The molecule has 0 spiro atoms. The van der Waals surface area contributed by atoms with Gasteiger partial charge >= 0.3 is 41.5 Å². The Morgan fingerprint density at radius 1 is 0.697 bits per heavy atom. The van der Waals surface area contributed by atoms with E-state index in [2.05, 4.69) is 10.2 Å². The molecular formula is C48H59Cl2F2N6NaO7. The Balaban J connectivity index is 0.000000241. The van der Waals surface area contributed by atoms with Crippen molar-refractivity contribution >= 4 is 47.0 Å². The van der Waals surface area contributed by atoms with Crippen LogP contribution < -0.4 is 29.6 Å². The van der Waals surface area contributed by atoms with E-state index < -0.39 is 5.97 Å². The Morgan fingerprint density at radius 3 is 1.48 bits per heavy atom. The summed E-state index contributed by atoms with van der Waals surface area (Å²) in [6, 6.07) is 9.30. The van der Waals surface area contributed by atoms with Gasteiger partial charge in [-0.25, -0.2) is 8.78 Å². The van der Waals surface area contributed by atoms with Gasteiger partial charge in [-0.15, -0.1) is 0 Å². The molecule has 2 aliphatic heterocycles. The maximum absolute atomic E-state index is 14.3. The molecular weight excluding hydrogens is 904 g/mol. The second-order valence-corrected chi connectivity index (χ2v) is 18.7. The monoisotopic (exact) mass is 962 g/mol. The first kappa shape index (κ1) is 53.1. The Labute approximate surface area is 417 Å². The molecule has 8 rings (SSSR count). The zero-order chi connectivity index (χ0) is 45.7. The number of hydrogen-bond acceptors (Lipinski definition) is 8. The van der Waals surface area contributed by atoms with Crippen LogP contribution >= 0.6 is 23.2 Å². The molecule has 0 atom stereocenters. The van der Waals surface area contributed by atoms with Crippen molar-refractivity contribution in [2.75, 3.05) is 19.7 Å². The molecule has 4 aliphatic rings. The zero-order valence-electron chi connectivity index (χ0n) is 38.3. The Bertz CT molecular complexity index is 2360. The second kappa shape index (κ2) is 23.9. The van der Waals surface area contributed by atoms with Crippen molar-refractivity contribution in [3.8, 4) is 0 Å². The zero-order valence-corrected chi connectivity index (χ0v) is 41.9. The Kier molecular flexibility index (Phi) is 19.2. The van der Waals surface area contributed by atoms with Crippen molar-refractivity contribution in [2.24, 2.45) is 23.7 Å². The molecule has 66 heavy (non-hydrogen) atoms. The van der Waals surface area contributed by atoms with Crippen LogP contribution in [0, 0.1) is 49.2 Å². The number of ether oxygens (including phenoxy) is 1. The second-order valence-electron chi connectivity index (χ2n) is 17.9. The third-order valence-corrected chi connectivity index (χ3v) is 14.1. The number of aromatic nitrogens is 4. The smallest absolute Gasteiger partial charge is 0.870 e. The van der Waals surface area contributed by atoms with Crippen molar-refractivity contribution in [1.29, 1.82) is 0 Å². The summed E-state index contributed by atoms with van der Waals surface area (Å²) >= 11 is 11.7. The molecule has 4 heterocycles. The van der Waals surface area contributed by atoms with Crippen LogP contribution in [-0.4, -0.2) is 83.4 Å². The van der Waals surface area contributed by atoms with Gasteiger partial charge in [0.2, 0.25) is 11.8 Å². The van der Waals surface area contributed by atoms with Gasteiger partial charge in [0.25, 0.3) is 0 Å². The molecule has 4 aromatic rings. The standard InChI is InChI=1S/C25H31ClFN3O3.C23H27ClFN3O3.Na.H2O/c1-3-33-25(32)18-6-4-17(5-7-18)12-24(31)29-11-10-21-16(2)28-30(23(21)15-29)14-19-8-9-20(26)13-22(19)27;1-14-19-8-9-27(22(29)10-15-2-4-16(5-3-15)23(30)31)13-21(19)28(26-14)12-17-6-7-18(24)11-20(17)25;;/h8-9,13,17-18H,3-7,10-12,14-15H2,1-2H3;6-7,11,15-16H,2-5,8-10,12-13H2,1H3,(H,30,31);;1H2/q;;+1;/p-1. The molecule has 13 nitrogen and oxygen atoms in total. The van der Waals surface area contributed by atoms with Crippen LogP contribution in [0.5, 0.6) is 0 Å². The number of rotatable bonds is 11. The Morgan fingerprint density at radius 2 is 1.11 bits per heavy atom. The summed E-state index contributed by atoms with van der Waals surface area (Å²) in [5.74, 6) is -1.05. The number of halogens is 4. The van der Waals surface area contributed by atoms with Gasteiger partial charge < -0.3 is 25.1 Å². The van der Waals surface area contributed by atoms with Gasteiger partial charge in [0.15, 0.2) is 0 Å². The van der Waals surface area contributed by atoms with Crippen molar-refractivity contribution < 1.29 is 72.8 Å². The van der Waals surface area contributed by atoms with Crippen LogP contribution in [0.25, 0.3) is 0 Å². The van der Waals surface area contributed by atoms with E-state index in [1.165, 1.54) is 12.1 Å². The molecule has 18 heteroatoms. The molecule has 0 bridgehead atoms. The first-order valence-electron chi connectivity index (χ1n) is 22.6. The van der Waals surface area contributed by atoms with E-state index >= 15 is 0 Å². The summed E-state index contributed by atoms with van der Waals surface area (Å²) in [5.41, 5.74) is 7.12. The first-order valence-corrected chi connectivity index (χ1v) is 23.4. The predicted molar refractivity (Wildman–Crippen MR) is 240 cm³/mol. The van der Waals surface area contributed by atoms with Crippen LogP contribution in [0.2, 0.25) is 10.0 Å². The van der Waals surface area contributed by atoms with E-state index in [9.17, 15) is 28.0 Å². The molecule has 0 unspecified atom stereocenters. The summed E-state index contributed by atoms with van der Waals surface area (Å²) in [6.07, 6.45) is 8.66. The van der Waals surface area contributed by atoms with Crippen molar-refractivity contribution in [1.82, 2.24) is 29.4 Å². The van der Waals surface area contributed by atoms with Crippen LogP contribution in [0.4, 0.5) is 8.78 Å². The maximum atomic E-state index is 14.3. The van der Waals surface area contributed by atoms with Crippen molar-refractivity contribution in [3.63, 3.8) is 0 Å². The van der Waals surface area contributed by atoms with E-state index in [1.54, 1.807) is 28.9 Å². The largest absolute Gasteiger partial charge is 1.00 e. The van der Waals surface area contributed by atoms with Crippen LogP contribution in [0.15, 0.2) is 36.4 Å². The van der Waals surface area contributed by atoms with E-state index in [1.807, 2.05) is 35.3 Å². The van der Waals surface area contributed by atoms with E-state index in [4.69, 9.17) is 33.0 Å². The number of fused-ring (bicyclic) bond motifs is 2. The molecule has 352 valence electrons. The normalized spacial score (nSPS) is 20.1. The molecule has 2 amide bonds. The number of hydrogen-bond donors (Lipinski definition) is 1. The fraction of sp³-hybridized carbons (Fsp3) is 0.542. The molecule has 2 N–H and O–H groups in total. The molecule has 0 saturated heterocycles. The SMILES string of the molecule is CCOC(=O)C1CCC(CC(=O)N2CCc3c(C)nn(Cc4ccc(Cl)cc4F)c3C2)CC1.Cc1nn(Cc2ccc(Cl)cc2F)c2c1CCN(C(=O)CC1CCC(C(=O)O)CC1)C2.[Na+].[OH-]. The number of aliphatic carboxylic acids is 1. The quantitative estimate of drug-likeness (QED) is 0.146. The molecule has 2 aliphatic carbocycles. The first-order chi connectivity index (χ1) is 30.7. The number of carboxylic acid groups (broad SMARTS) is 1. The number of esters is 1. The molecule has 0 radical (unpaired) electrons. The summed E-state index contributed by atoms with van der Waals surface area (Å²) in [6.45, 7) is 9.03. The number of carboxylic acids is 1. The van der Waals surface area contributed by atoms with Gasteiger partial charge in [0.1, 0.15) is 11.6 Å². The summed E-state index contributed by atoms with van der Waals surface area (Å²) in [4.78, 5) is 52.9. The summed E-state index contributed by atoms with van der Waals surface area (Å²) in [5, 5.41) is 19.1. The topological polar surface area (TPSA) is 170 Å². The van der Waals surface area contributed by atoms with Gasteiger partial charge in [0, 0.05) is 47.1 Å². The minimum Gasteiger partial charge on any atom is -0.870 e. The summed E-state index contributed by atoms with van der Waals surface area (Å²) < 4.78 is 37.4. The van der Waals surface area contributed by atoms with Gasteiger partial charge in [-0.2, -0.15) is 10.2 Å². The van der Waals surface area contributed by atoms with Gasteiger partial charge in [-0.05, 0) is 132 Å². The van der Waals surface area contributed by atoms with Crippen LogP contribution in [0.1, 0.15) is 116 Å². The van der Waals surface area contributed by atoms with E-state index in [-0.39, 0.29) is 82.2 Å².